The van der Waals surface area contributed by atoms with E-state index in [1.807, 2.05) is 18.2 Å². The average Bonchev–Trinajstić information content (AvgIpc) is 2.48. The van der Waals surface area contributed by atoms with Crippen LogP contribution in [0.2, 0.25) is 5.02 Å². The lowest BCUT2D eigenvalue weighted by atomic mass is 10.0. The molecule has 108 valence electrons. The zero-order valence-corrected chi connectivity index (χ0v) is 14.1. The van der Waals surface area contributed by atoms with Gasteiger partial charge in [0, 0.05) is 21.9 Å². The van der Waals surface area contributed by atoms with Crippen molar-refractivity contribution in [3.8, 4) is 0 Å². The fourth-order valence-electron chi connectivity index (χ4n) is 2.31. The largest absolute Gasteiger partial charge is 0.345 e. The summed E-state index contributed by atoms with van der Waals surface area (Å²) in [7, 11) is 0. The molecule has 2 aromatic rings. The van der Waals surface area contributed by atoms with Crippen LogP contribution in [0.4, 0.5) is 0 Å². The first kappa shape index (κ1) is 14.9. The van der Waals surface area contributed by atoms with Gasteiger partial charge in [0.25, 0.3) is 5.91 Å². The van der Waals surface area contributed by atoms with E-state index in [0.29, 0.717) is 15.2 Å². The second-order valence-corrected chi connectivity index (χ2v) is 7.01. The van der Waals surface area contributed by atoms with E-state index in [2.05, 4.69) is 26.2 Å². The monoisotopic (exact) mass is 382 g/mol. The highest BCUT2D eigenvalue weighted by Gasteiger charge is 2.23. The third kappa shape index (κ3) is 3.25. The Morgan fingerprint density at radius 1 is 1.43 bits per heavy atom. The van der Waals surface area contributed by atoms with E-state index < -0.39 is 0 Å². The van der Waals surface area contributed by atoms with Crippen LogP contribution in [0.5, 0.6) is 0 Å². The van der Waals surface area contributed by atoms with Gasteiger partial charge < -0.3 is 5.32 Å². The van der Waals surface area contributed by atoms with E-state index in [1.165, 1.54) is 4.90 Å². The van der Waals surface area contributed by atoms with Crippen LogP contribution in [0.25, 0.3) is 0 Å². The topological polar surface area (TPSA) is 42.0 Å². The Morgan fingerprint density at radius 2 is 2.29 bits per heavy atom. The minimum atomic E-state index is -0.127. The molecule has 0 radical (unpaired) electrons. The molecule has 0 aliphatic carbocycles. The molecular weight excluding hydrogens is 372 g/mol. The summed E-state index contributed by atoms with van der Waals surface area (Å²) in [5.74, 6) is 0.853. The zero-order valence-electron chi connectivity index (χ0n) is 11.0. The van der Waals surface area contributed by atoms with Crippen LogP contribution in [0, 0.1) is 0 Å². The Kier molecular flexibility index (Phi) is 4.52. The molecule has 0 fully saturated rings. The number of hydrogen-bond donors (Lipinski definition) is 1. The summed E-state index contributed by atoms with van der Waals surface area (Å²) in [5, 5.41) is 3.77. The molecule has 6 heteroatoms. The lowest BCUT2D eigenvalue weighted by Crippen LogP contribution is -2.31. The summed E-state index contributed by atoms with van der Waals surface area (Å²) >= 11 is 11.2. The predicted octanol–water partition coefficient (Wildman–Crippen LogP) is 4.46. The molecule has 2 heterocycles. The van der Waals surface area contributed by atoms with Crippen LogP contribution in [-0.2, 0) is 0 Å². The van der Waals surface area contributed by atoms with Gasteiger partial charge in [0.05, 0.1) is 11.6 Å². The number of aromatic nitrogens is 1. The maximum absolute atomic E-state index is 12.4. The van der Waals surface area contributed by atoms with Gasteiger partial charge in [-0.3, -0.25) is 4.79 Å². The standard InChI is InChI=1S/C15H12BrClN2OS/c16-14-10(2-1-6-18-14)15(20)19-12-5-7-21-13-4-3-9(17)8-11(12)13/h1-4,6,8,12H,5,7H2,(H,19,20). The maximum atomic E-state index is 12.4. The van der Waals surface area contributed by atoms with Crippen molar-refractivity contribution in [1.82, 2.24) is 10.3 Å². The van der Waals surface area contributed by atoms with Gasteiger partial charge in [-0.15, -0.1) is 11.8 Å². The molecule has 1 aliphatic rings. The SMILES string of the molecule is O=C(NC1CCSc2ccc(Cl)cc21)c1cccnc1Br. The Bertz CT molecular complexity index is 695. The summed E-state index contributed by atoms with van der Waals surface area (Å²) in [5.41, 5.74) is 1.63. The number of carbonyl (C=O) groups excluding carboxylic acids is 1. The molecule has 1 atom stereocenters. The van der Waals surface area contributed by atoms with Crippen molar-refractivity contribution in [2.24, 2.45) is 0 Å². The van der Waals surface area contributed by atoms with Crippen molar-refractivity contribution in [3.05, 3.63) is 57.3 Å². The summed E-state index contributed by atoms with van der Waals surface area (Å²) in [6, 6.07) is 9.33. The van der Waals surface area contributed by atoms with E-state index in [1.54, 1.807) is 30.1 Å². The smallest absolute Gasteiger partial charge is 0.254 e. The van der Waals surface area contributed by atoms with Crippen molar-refractivity contribution in [1.29, 1.82) is 0 Å². The highest BCUT2D eigenvalue weighted by molar-refractivity contribution is 9.10. The summed E-state index contributed by atoms with van der Waals surface area (Å²) < 4.78 is 0.555. The minimum absolute atomic E-state index is 0.0143. The van der Waals surface area contributed by atoms with Crippen LogP contribution in [0.15, 0.2) is 46.0 Å². The molecule has 1 aromatic carbocycles. The molecule has 0 saturated carbocycles. The molecule has 1 aliphatic heterocycles. The third-order valence-electron chi connectivity index (χ3n) is 3.32. The van der Waals surface area contributed by atoms with Crippen molar-refractivity contribution in [2.75, 3.05) is 5.75 Å². The molecule has 3 rings (SSSR count). The van der Waals surface area contributed by atoms with E-state index in [-0.39, 0.29) is 11.9 Å². The highest BCUT2D eigenvalue weighted by atomic mass is 79.9. The Labute approximate surface area is 140 Å². The summed E-state index contributed by atoms with van der Waals surface area (Å²) in [6.07, 6.45) is 2.54. The average molecular weight is 384 g/mol. The van der Waals surface area contributed by atoms with Gasteiger partial charge in [0.2, 0.25) is 0 Å². The fraction of sp³-hybridized carbons (Fsp3) is 0.200. The van der Waals surface area contributed by atoms with Gasteiger partial charge in [-0.1, -0.05) is 11.6 Å². The number of halogens is 2. The van der Waals surface area contributed by atoms with Gasteiger partial charge in [-0.2, -0.15) is 0 Å². The molecular formula is C15H12BrClN2OS. The molecule has 3 nitrogen and oxygen atoms in total. The van der Waals surface area contributed by atoms with Gasteiger partial charge >= 0.3 is 0 Å². The number of carbonyl (C=O) groups is 1. The van der Waals surface area contributed by atoms with Crippen LogP contribution < -0.4 is 5.32 Å². The first-order valence-corrected chi connectivity index (χ1v) is 8.64. The number of nitrogens with zero attached hydrogens (tertiary/aromatic N) is 1. The quantitative estimate of drug-likeness (QED) is 0.778. The van der Waals surface area contributed by atoms with Crippen LogP contribution in [-0.4, -0.2) is 16.6 Å². The molecule has 21 heavy (non-hydrogen) atoms. The number of thioether (sulfide) groups is 1. The van der Waals surface area contributed by atoms with Crippen LogP contribution in [0.1, 0.15) is 28.4 Å². The van der Waals surface area contributed by atoms with Gasteiger partial charge in [0.15, 0.2) is 0 Å². The number of rotatable bonds is 2. The number of benzene rings is 1. The van der Waals surface area contributed by atoms with Gasteiger partial charge in [0.1, 0.15) is 4.60 Å². The molecule has 0 bridgehead atoms. The van der Waals surface area contributed by atoms with Crippen molar-refractivity contribution < 1.29 is 4.79 Å². The molecule has 1 amide bonds. The van der Waals surface area contributed by atoms with E-state index >= 15 is 0 Å². The Hall–Kier alpha value is -1.04. The zero-order chi connectivity index (χ0) is 14.8. The van der Waals surface area contributed by atoms with E-state index in [0.717, 1.165) is 17.7 Å². The normalized spacial score (nSPS) is 17.1. The predicted molar refractivity (Wildman–Crippen MR) is 88.9 cm³/mol. The lowest BCUT2D eigenvalue weighted by Gasteiger charge is -2.26. The number of hydrogen-bond acceptors (Lipinski definition) is 3. The third-order valence-corrected chi connectivity index (χ3v) is 5.31. The second kappa shape index (κ2) is 6.38. The summed E-state index contributed by atoms with van der Waals surface area (Å²) in [4.78, 5) is 17.7. The van der Waals surface area contributed by atoms with Crippen LogP contribution >= 0.6 is 39.3 Å². The summed E-state index contributed by atoms with van der Waals surface area (Å²) in [6.45, 7) is 0. The van der Waals surface area contributed by atoms with E-state index in [9.17, 15) is 4.79 Å². The molecule has 1 N–H and O–H groups in total. The second-order valence-electron chi connectivity index (χ2n) is 4.69. The van der Waals surface area contributed by atoms with Gasteiger partial charge in [-0.05, 0) is 58.2 Å². The molecule has 1 unspecified atom stereocenters. The first-order chi connectivity index (χ1) is 10.1. The van der Waals surface area contributed by atoms with Crippen molar-refractivity contribution in [2.45, 2.75) is 17.4 Å². The first-order valence-electron chi connectivity index (χ1n) is 6.49. The minimum Gasteiger partial charge on any atom is -0.345 e. The number of fused-ring (bicyclic) bond motifs is 1. The molecule has 0 saturated heterocycles. The van der Waals surface area contributed by atoms with Crippen LogP contribution in [0.3, 0.4) is 0 Å². The fourth-order valence-corrected chi connectivity index (χ4v) is 4.02. The molecule has 0 spiro atoms. The van der Waals surface area contributed by atoms with E-state index in [4.69, 9.17) is 11.6 Å². The number of nitrogens with one attached hydrogen (secondary N) is 1. The van der Waals surface area contributed by atoms with Crippen molar-refractivity contribution in [3.63, 3.8) is 0 Å². The highest BCUT2D eigenvalue weighted by Crippen LogP contribution is 2.37. The number of pyridine rings is 1. The molecule has 1 aromatic heterocycles. The van der Waals surface area contributed by atoms with Crippen molar-refractivity contribution >= 4 is 45.2 Å². The maximum Gasteiger partial charge on any atom is 0.254 e. The Balaban J connectivity index is 1.85. The lowest BCUT2D eigenvalue weighted by molar-refractivity contribution is 0.0933. The number of amides is 1. The Morgan fingerprint density at radius 3 is 3.10 bits per heavy atom. The van der Waals surface area contributed by atoms with Gasteiger partial charge in [-0.25, -0.2) is 4.98 Å².